The fourth-order valence-electron chi connectivity index (χ4n) is 1.37. The molecular formula is C10H14N2O3. The van der Waals surface area contributed by atoms with Crippen LogP contribution < -0.4 is 4.90 Å². The van der Waals surface area contributed by atoms with Gasteiger partial charge in [0.1, 0.15) is 5.69 Å². The van der Waals surface area contributed by atoms with E-state index < -0.39 is 4.92 Å². The molecule has 15 heavy (non-hydrogen) atoms. The summed E-state index contributed by atoms with van der Waals surface area (Å²) in [6.07, 6.45) is 0. The molecule has 5 heteroatoms. The van der Waals surface area contributed by atoms with Gasteiger partial charge in [0.05, 0.1) is 11.5 Å². The van der Waals surface area contributed by atoms with E-state index in [2.05, 4.69) is 0 Å². The summed E-state index contributed by atoms with van der Waals surface area (Å²) in [7, 11) is 1.72. The topological polar surface area (TPSA) is 66.6 Å². The first-order valence-electron chi connectivity index (χ1n) is 4.63. The molecule has 5 nitrogen and oxygen atoms in total. The van der Waals surface area contributed by atoms with E-state index in [0.717, 1.165) is 5.56 Å². The van der Waals surface area contributed by atoms with Crippen molar-refractivity contribution >= 4 is 11.4 Å². The molecule has 0 radical (unpaired) electrons. The van der Waals surface area contributed by atoms with E-state index in [4.69, 9.17) is 5.11 Å². The molecule has 0 bridgehead atoms. The number of rotatable bonds is 4. The third-order valence-electron chi connectivity index (χ3n) is 2.17. The smallest absolute Gasteiger partial charge is 0.292 e. The molecule has 1 N–H and O–H groups in total. The Labute approximate surface area is 88.1 Å². The SMILES string of the molecule is Cc1ccc(N(C)CCO)c([N+](=O)[O-])c1. The van der Waals surface area contributed by atoms with Gasteiger partial charge in [0, 0.05) is 19.7 Å². The highest BCUT2D eigenvalue weighted by Gasteiger charge is 2.16. The van der Waals surface area contributed by atoms with Gasteiger partial charge >= 0.3 is 0 Å². The fourth-order valence-corrected chi connectivity index (χ4v) is 1.37. The van der Waals surface area contributed by atoms with Gasteiger partial charge in [-0.25, -0.2) is 0 Å². The van der Waals surface area contributed by atoms with Crippen LogP contribution in [0.4, 0.5) is 11.4 Å². The van der Waals surface area contributed by atoms with E-state index >= 15 is 0 Å². The molecule has 0 amide bonds. The zero-order valence-corrected chi connectivity index (χ0v) is 8.80. The Kier molecular flexibility index (Phi) is 3.62. The number of anilines is 1. The highest BCUT2D eigenvalue weighted by molar-refractivity contribution is 5.63. The minimum absolute atomic E-state index is 0.0263. The number of nitrogens with zero attached hydrogens (tertiary/aromatic N) is 2. The molecular weight excluding hydrogens is 196 g/mol. The first kappa shape index (κ1) is 11.5. The Balaban J connectivity index is 3.10. The summed E-state index contributed by atoms with van der Waals surface area (Å²) in [4.78, 5) is 12.1. The third kappa shape index (κ3) is 2.66. The fraction of sp³-hybridized carbons (Fsp3) is 0.400. The standard InChI is InChI=1S/C10H14N2O3/c1-8-3-4-9(11(2)5-6-13)10(7-8)12(14)15/h3-4,7,13H,5-6H2,1-2H3. The highest BCUT2D eigenvalue weighted by Crippen LogP contribution is 2.27. The Morgan fingerprint density at radius 3 is 2.73 bits per heavy atom. The summed E-state index contributed by atoms with van der Waals surface area (Å²) >= 11 is 0. The quantitative estimate of drug-likeness (QED) is 0.601. The molecule has 0 aliphatic heterocycles. The van der Waals surface area contributed by atoms with Crippen LogP contribution >= 0.6 is 0 Å². The predicted octanol–water partition coefficient (Wildman–Crippen LogP) is 1.33. The maximum Gasteiger partial charge on any atom is 0.292 e. The lowest BCUT2D eigenvalue weighted by Gasteiger charge is -2.17. The number of likely N-dealkylation sites (N-methyl/N-ethyl adjacent to an activating group) is 1. The van der Waals surface area contributed by atoms with E-state index in [9.17, 15) is 10.1 Å². The molecule has 0 aromatic heterocycles. The van der Waals surface area contributed by atoms with Crippen molar-refractivity contribution < 1.29 is 10.0 Å². The van der Waals surface area contributed by atoms with Gasteiger partial charge in [0.15, 0.2) is 0 Å². The Morgan fingerprint density at radius 2 is 2.20 bits per heavy atom. The van der Waals surface area contributed by atoms with Crippen LogP contribution in [-0.4, -0.2) is 30.2 Å². The number of aryl methyl sites for hydroxylation is 1. The molecule has 82 valence electrons. The van der Waals surface area contributed by atoms with Gasteiger partial charge in [-0.15, -0.1) is 0 Å². The largest absolute Gasteiger partial charge is 0.395 e. The molecule has 0 heterocycles. The van der Waals surface area contributed by atoms with E-state index in [1.54, 1.807) is 18.0 Å². The molecule has 0 unspecified atom stereocenters. The van der Waals surface area contributed by atoms with Crippen molar-refractivity contribution in [1.82, 2.24) is 0 Å². The molecule has 0 aliphatic carbocycles. The van der Waals surface area contributed by atoms with Crippen molar-refractivity contribution in [2.75, 3.05) is 25.1 Å². The second-order valence-corrected chi connectivity index (χ2v) is 3.39. The minimum Gasteiger partial charge on any atom is -0.395 e. The van der Waals surface area contributed by atoms with Crippen LogP contribution in [0.2, 0.25) is 0 Å². The van der Waals surface area contributed by atoms with Crippen LogP contribution in [0.15, 0.2) is 18.2 Å². The summed E-state index contributed by atoms with van der Waals surface area (Å²) in [5, 5.41) is 19.6. The second kappa shape index (κ2) is 4.75. The summed E-state index contributed by atoms with van der Waals surface area (Å²) in [6.45, 7) is 2.16. The van der Waals surface area contributed by atoms with Gasteiger partial charge < -0.3 is 10.0 Å². The first-order valence-corrected chi connectivity index (χ1v) is 4.63. The lowest BCUT2D eigenvalue weighted by molar-refractivity contribution is -0.384. The van der Waals surface area contributed by atoms with Crippen molar-refractivity contribution in [3.05, 3.63) is 33.9 Å². The van der Waals surface area contributed by atoms with Crippen molar-refractivity contribution in [2.24, 2.45) is 0 Å². The molecule has 0 aliphatic rings. The normalized spacial score (nSPS) is 10.1. The Hall–Kier alpha value is -1.62. The van der Waals surface area contributed by atoms with E-state index in [1.165, 1.54) is 6.07 Å². The first-order chi connectivity index (χ1) is 7.06. The maximum absolute atomic E-state index is 10.8. The van der Waals surface area contributed by atoms with Crippen molar-refractivity contribution in [2.45, 2.75) is 6.92 Å². The molecule has 0 saturated carbocycles. The van der Waals surface area contributed by atoms with Crippen LogP contribution in [0.5, 0.6) is 0 Å². The number of nitro groups is 1. The van der Waals surface area contributed by atoms with Crippen molar-refractivity contribution in [1.29, 1.82) is 0 Å². The maximum atomic E-state index is 10.8. The number of aliphatic hydroxyl groups is 1. The van der Waals surface area contributed by atoms with Crippen LogP contribution in [-0.2, 0) is 0 Å². The monoisotopic (exact) mass is 210 g/mol. The Bertz CT molecular complexity index is 366. The lowest BCUT2D eigenvalue weighted by atomic mass is 10.2. The number of hydrogen-bond acceptors (Lipinski definition) is 4. The summed E-state index contributed by atoms with van der Waals surface area (Å²) in [5.74, 6) is 0. The molecule has 1 aromatic carbocycles. The van der Waals surface area contributed by atoms with Crippen LogP contribution in [0.3, 0.4) is 0 Å². The van der Waals surface area contributed by atoms with Gasteiger partial charge in [-0.3, -0.25) is 10.1 Å². The second-order valence-electron chi connectivity index (χ2n) is 3.39. The van der Waals surface area contributed by atoms with Gasteiger partial charge in [-0.1, -0.05) is 6.07 Å². The number of aliphatic hydroxyl groups excluding tert-OH is 1. The molecule has 0 fully saturated rings. The van der Waals surface area contributed by atoms with Gasteiger partial charge in [-0.05, 0) is 18.6 Å². The van der Waals surface area contributed by atoms with Crippen LogP contribution in [0.1, 0.15) is 5.56 Å². The Morgan fingerprint density at radius 1 is 1.53 bits per heavy atom. The average Bonchev–Trinajstić information content (AvgIpc) is 2.17. The molecule has 1 aromatic rings. The molecule has 0 spiro atoms. The number of hydrogen-bond donors (Lipinski definition) is 1. The third-order valence-corrected chi connectivity index (χ3v) is 2.17. The molecule has 1 rings (SSSR count). The van der Waals surface area contributed by atoms with Gasteiger partial charge in [0.2, 0.25) is 0 Å². The van der Waals surface area contributed by atoms with E-state index in [0.29, 0.717) is 12.2 Å². The summed E-state index contributed by atoms with van der Waals surface area (Å²) in [5.41, 5.74) is 1.45. The lowest BCUT2D eigenvalue weighted by Crippen LogP contribution is -2.22. The highest BCUT2D eigenvalue weighted by atomic mass is 16.6. The zero-order valence-electron chi connectivity index (χ0n) is 8.80. The molecule has 0 atom stereocenters. The van der Waals surface area contributed by atoms with Gasteiger partial charge in [0.25, 0.3) is 5.69 Å². The van der Waals surface area contributed by atoms with E-state index in [-0.39, 0.29) is 12.3 Å². The summed E-state index contributed by atoms with van der Waals surface area (Å²) in [6, 6.07) is 5.04. The van der Waals surface area contributed by atoms with E-state index in [1.807, 2.05) is 13.0 Å². The van der Waals surface area contributed by atoms with Crippen LogP contribution in [0, 0.1) is 17.0 Å². The predicted molar refractivity (Wildman–Crippen MR) is 58.2 cm³/mol. The number of nitro benzene ring substituents is 1. The van der Waals surface area contributed by atoms with Crippen molar-refractivity contribution in [3.8, 4) is 0 Å². The van der Waals surface area contributed by atoms with Crippen LogP contribution in [0.25, 0.3) is 0 Å². The minimum atomic E-state index is -0.407. The average molecular weight is 210 g/mol. The summed E-state index contributed by atoms with van der Waals surface area (Å²) < 4.78 is 0. The van der Waals surface area contributed by atoms with Gasteiger partial charge in [-0.2, -0.15) is 0 Å². The molecule has 0 saturated heterocycles. The number of benzene rings is 1. The zero-order chi connectivity index (χ0) is 11.4. The van der Waals surface area contributed by atoms with Crippen molar-refractivity contribution in [3.63, 3.8) is 0 Å².